The predicted molar refractivity (Wildman–Crippen MR) is 105 cm³/mol. The number of benzene rings is 1. The zero-order chi connectivity index (χ0) is 21.6. The Kier molecular flexibility index (Phi) is 7.49. The average molecular weight is 404 g/mol. The summed E-state index contributed by atoms with van der Waals surface area (Å²) in [5.41, 5.74) is 1.76. The molecule has 0 aliphatic heterocycles. The monoisotopic (exact) mass is 404 g/mol. The molecule has 2 aromatic rings. The van der Waals surface area contributed by atoms with Gasteiger partial charge in [0, 0.05) is 36.7 Å². The molecule has 0 saturated heterocycles. The summed E-state index contributed by atoms with van der Waals surface area (Å²) in [5, 5.41) is 11.2. The van der Waals surface area contributed by atoms with Crippen LogP contribution in [0, 0.1) is 24.0 Å². The van der Waals surface area contributed by atoms with Crippen LogP contribution >= 0.6 is 0 Å². The van der Waals surface area contributed by atoms with Crippen LogP contribution in [0.5, 0.6) is 5.75 Å². The maximum absolute atomic E-state index is 12.5. The molecule has 29 heavy (non-hydrogen) atoms. The standard InChI is InChI=1S/C20H24N2O7/c1-5-28-19-7-6-15(11-17(19)22(25)26)20(24)29-12-18(23)16-10-13(2)21(14(16)3)8-9-27-4/h6-7,10-11H,5,8-9,12H2,1-4H3. The van der Waals surface area contributed by atoms with Crippen molar-refractivity contribution in [1.29, 1.82) is 0 Å². The molecule has 0 spiro atoms. The van der Waals surface area contributed by atoms with E-state index in [1.165, 1.54) is 12.1 Å². The molecule has 0 fully saturated rings. The summed E-state index contributed by atoms with van der Waals surface area (Å²) in [6.07, 6.45) is 0. The Morgan fingerprint density at radius 2 is 1.93 bits per heavy atom. The molecule has 0 unspecified atom stereocenters. The van der Waals surface area contributed by atoms with Crippen LogP contribution in [0.2, 0.25) is 0 Å². The lowest BCUT2D eigenvalue weighted by Crippen LogP contribution is -2.15. The summed E-state index contributed by atoms with van der Waals surface area (Å²) < 4.78 is 17.3. The van der Waals surface area contributed by atoms with Gasteiger partial charge in [0.15, 0.2) is 12.4 Å². The summed E-state index contributed by atoms with van der Waals surface area (Å²) in [5.74, 6) is -1.11. The Labute approximate surface area is 168 Å². The third kappa shape index (κ3) is 5.20. The number of aryl methyl sites for hydroxylation is 1. The minimum Gasteiger partial charge on any atom is -0.487 e. The topological polar surface area (TPSA) is 110 Å². The number of hydrogen-bond donors (Lipinski definition) is 0. The lowest BCUT2D eigenvalue weighted by Gasteiger charge is -2.09. The van der Waals surface area contributed by atoms with Gasteiger partial charge in [0.25, 0.3) is 0 Å². The Morgan fingerprint density at radius 1 is 1.21 bits per heavy atom. The van der Waals surface area contributed by atoms with Crippen molar-refractivity contribution >= 4 is 17.4 Å². The summed E-state index contributed by atoms with van der Waals surface area (Å²) in [4.78, 5) is 35.3. The number of rotatable bonds is 10. The first kappa shape index (κ1) is 22.1. The van der Waals surface area contributed by atoms with E-state index in [4.69, 9.17) is 14.2 Å². The second-order valence-corrected chi connectivity index (χ2v) is 6.30. The number of ether oxygens (including phenoxy) is 3. The number of carbonyl (C=O) groups excluding carboxylic acids is 2. The first-order valence-electron chi connectivity index (χ1n) is 9.07. The third-order valence-corrected chi connectivity index (χ3v) is 4.42. The molecule has 0 aliphatic carbocycles. The molecule has 156 valence electrons. The highest BCUT2D eigenvalue weighted by Crippen LogP contribution is 2.28. The number of nitrogens with zero attached hydrogens (tertiary/aromatic N) is 2. The Hall–Kier alpha value is -3.20. The van der Waals surface area contributed by atoms with Gasteiger partial charge in [-0.05, 0) is 39.0 Å². The number of hydrogen-bond acceptors (Lipinski definition) is 7. The van der Waals surface area contributed by atoms with E-state index in [-0.39, 0.29) is 29.4 Å². The molecule has 1 aromatic heterocycles. The summed E-state index contributed by atoms with van der Waals surface area (Å²) in [6.45, 7) is 6.30. The number of nitro groups is 1. The number of ketones is 1. The maximum Gasteiger partial charge on any atom is 0.338 e. The Morgan fingerprint density at radius 3 is 2.55 bits per heavy atom. The van der Waals surface area contributed by atoms with E-state index in [0.717, 1.165) is 17.5 Å². The maximum atomic E-state index is 12.5. The van der Waals surface area contributed by atoms with E-state index < -0.39 is 17.5 Å². The van der Waals surface area contributed by atoms with Gasteiger partial charge in [-0.15, -0.1) is 0 Å². The van der Waals surface area contributed by atoms with Gasteiger partial charge >= 0.3 is 11.7 Å². The van der Waals surface area contributed by atoms with Gasteiger partial charge in [0.05, 0.1) is 23.7 Å². The minimum absolute atomic E-state index is 0.0291. The molecule has 0 radical (unpaired) electrons. The molecule has 0 N–H and O–H groups in total. The van der Waals surface area contributed by atoms with Crippen LogP contribution in [0.4, 0.5) is 5.69 Å². The zero-order valence-electron chi connectivity index (χ0n) is 16.9. The molecule has 1 heterocycles. The fourth-order valence-corrected chi connectivity index (χ4v) is 2.97. The van der Waals surface area contributed by atoms with E-state index in [1.807, 2.05) is 18.4 Å². The summed E-state index contributed by atoms with van der Waals surface area (Å²) in [7, 11) is 1.60. The van der Waals surface area contributed by atoms with Gasteiger partial charge in [-0.3, -0.25) is 14.9 Å². The van der Waals surface area contributed by atoms with Crippen molar-refractivity contribution in [2.45, 2.75) is 27.3 Å². The van der Waals surface area contributed by atoms with Crippen molar-refractivity contribution in [2.24, 2.45) is 0 Å². The van der Waals surface area contributed by atoms with Crippen LogP contribution in [0.15, 0.2) is 24.3 Å². The summed E-state index contributed by atoms with van der Waals surface area (Å²) >= 11 is 0. The lowest BCUT2D eigenvalue weighted by atomic mass is 10.1. The van der Waals surface area contributed by atoms with Crippen LogP contribution in [0.1, 0.15) is 39.0 Å². The van der Waals surface area contributed by atoms with Crippen molar-refractivity contribution in [1.82, 2.24) is 4.57 Å². The average Bonchev–Trinajstić information content (AvgIpc) is 2.98. The van der Waals surface area contributed by atoms with Crippen LogP contribution < -0.4 is 4.74 Å². The van der Waals surface area contributed by atoms with Crippen molar-refractivity contribution in [3.05, 3.63) is 56.9 Å². The number of aromatic nitrogens is 1. The van der Waals surface area contributed by atoms with Crippen LogP contribution in [-0.4, -0.2) is 48.2 Å². The summed E-state index contributed by atoms with van der Waals surface area (Å²) in [6, 6.07) is 5.52. The van der Waals surface area contributed by atoms with E-state index in [9.17, 15) is 19.7 Å². The van der Waals surface area contributed by atoms with Crippen LogP contribution in [0.25, 0.3) is 0 Å². The fourth-order valence-electron chi connectivity index (χ4n) is 2.97. The smallest absolute Gasteiger partial charge is 0.338 e. The number of nitro benzene ring substituents is 1. The molecular formula is C20H24N2O7. The quantitative estimate of drug-likeness (QED) is 0.259. The van der Waals surface area contributed by atoms with Gasteiger partial charge < -0.3 is 18.8 Å². The zero-order valence-corrected chi connectivity index (χ0v) is 16.9. The lowest BCUT2D eigenvalue weighted by molar-refractivity contribution is -0.385. The molecule has 1 aromatic carbocycles. The normalized spacial score (nSPS) is 10.6. The Balaban J connectivity index is 2.10. The number of Topliss-reactive ketones (excluding diaryl/α,β-unsaturated/α-hetero) is 1. The van der Waals surface area contributed by atoms with Gasteiger partial charge in [-0.2, -0.15) is 0 Å². The second kappa shape index (κ2) is 9.83. The Bertz CT molecular complexity index is 918. The molecular weight excluding hydrogens is 380 g/mol. The minimum atomic E-state index is -0.822. The van der Waals surface area contributed by atoms with E-state index >= 15 is 0 Å². The number of methoxy groups -OCH3 is 1. The highest BCUT2D eigenvalue weighted by Gasteiger charge is 2.21. The van der Waals surface area contributed by atoms with Crippen LogP contribution in [0.3, 0.4) is 0 Å². The second-order valence-electron chi connectivity index (χ2n) is 6.30. The van der Waals surface area contributed by atoms with Crippen molar-refractivity contribution in [3.8, 4) is 5.75 Å². The van der Waals surface area contributed by atoms with E-state index in [1.54, 1.807) is 20.1 Å². The number of carbonyl (C=O) groups is 2. The number of esters is 1. The molecule has 0 bridgehead atoms. The van der Waals surface area contributed by atoms with Crippen molar-refractivity contribution in [2.75, 3.05) is 26.9 Å². The molecule has 2 rings (SSSR count). The molecule has 0 aliphatic rings. The van der Waals surface area contributed by atoms with E-state index in [2.05, 4.69) is 0 Å². The fraction of sp³-hybridized carbons (Fsp3) is 0.400. The van der Waals surface area contributed by atoms with Gasteiger partial charge in [-0.25, -0.2) is 4.79 Å². The highest BCUT2D eigenvalue weighted by atomic mass is 16.6. The largest absolute Gasteiger partial charge is 0.487 e. The van der Waals surface area contributed by atoms with Crippen molar-refractivity contribution < 1.29 is 28.7 Å². The third-order valence-electron chi connectivity index (χ3n) is 4.42. The highest BCUT2D eigenvalue weighted by molar-refractivity contribution is 6.00. The van der Waals surface area contributed by atoms with Crippen molar-refractivity contribution in [3.63, 3.8) is 0 Å². The molecule has 9 heteroatoms. The van der Waals surface area contributed by atoms with Gasteiger partial charge in [0.1, 0.15) is 0 Å². The van der Waals surface area contributed by atoms with Crippen LogP contribution in [-0.2, 0) is 16.0 Å². The van der Waals surface area contributed by atoms with Gasteiger partial charge in [0.2, 0.25) is 5.78 Å². The molecule has 9 nitrogen and oxygen atoms in total. The first-order valence-corrected chi connectivity index (χ1v) is 9.07. The van der Waals surface area contributed by atoms with Gasteiger partial charge in [-0.1, -0.05) is 0 Å². The SMILES string of the molecule is CCOc1ccc(C(=O)OCC(=O)c2cc(C)n(CCOC)c2C)cc1[N+](=O)[O-]. The van der Waals surface area contributed by atoms with E-state index in [0.29, 0.717) is 18.7 Å². The molecule has 0 amide bonds. The molecule has 0 atom stereocenters. The predicted octanol–water partition coefficient (Wildman–Crippen LogP) is 3.10. The first-order chi connectivity index (χ1) is 13.8. The molecule has 0 saturated carbocycles.